The van der Waals surface area contributed by atoms with Crippen molar-refractivity contribution >= 4 is 5.96 Å². The van der Waals surface area contributed by atoms with Crippen LogP contribution in [0.1, 0.15) is 23.9 Å². The number of aromatic nitrogens is 2. The fourth-order valence-corrected chi connectivity index (χ4v) is 2.85. The van der Waals surface area contributed by atoms with Gasteiger partial charge in [0.1, 0.15) is 5.82 Å². The second kappa shape index (κ2) is 10.4. The van der Waals surface area contributed by atoms with E-state index >= 15 is 0 Å². The topological polar surface area (TPSA) is 75.3 Å². The number of hydrogen-bond acceptors (Lipinski definition) is 4. The highest BCUT2D eigenvalue weighted by Crippen LogP contribution is 2.18. The maximum Gasteiger partial charge on any atom is 0.257 e. The molecule has 2 aromatic carbocycles. The minimum atomic E-state index is -0.213. The second-order valence-electron chi connectivity index (χ2n) is 6.62. The van der Waals surface area contributed by atoms with Crippen LogP contribution < -0.4 is 10.6 Å². The lowest BCUT2D eigenvalue weighted by molar-refractivity contribution is 0.423. The molecule has 0 radical (unpaired) electrons. The third-order valence-corrected chi connectivity index (χ3v) is 4.53. The molecular formula is C22H26FN5O. The summed E-state index contributed by atoms with van der Waals surface area (Å²) < 4.78 is 18.2. The van der Waals surface area contributed by atoms with Crippen molar-refractivity contribution in [3.63, 3.8) is 0 Å². The van der Waals surface area contributed by atoms with Gasteiger partial charge >= 0.3 is 0 Å². The Morgan fingerprint density at radius 3 is 2.07 bits per heavy atom. The van der Waals surface area contributed by atoms with E-state index in [1.807, 2.05) is 19.1 Å². The molecule has 1 heterocycles. The van der Waals surface area contributed by atoms with E-state index in [1.54, 1.807) is 19.2 Å². The summed E-state index contributed by atoms with van der Waals surface area (Å²) in [5.74, 6) is 1.81. The van der Waals surface area contributed by atoms with Crippen LogP contribution in [0.15, 0.2) is 58.0 Å². The van der Waals surface area contributed by atoms with Crippen molar-refractivity contribution in [3.8, 4) is 11.5 Å². The average molecular weight is 395 g/mol. The molecule has 0 saturated carbocycles. The van der Waals surface area contributed by atoms with E-state index in [1.165, 1.54) is 17.7 Å². The van der Waals surface area contributed by atoms with Crippen LogP contribution in [0.3, 0.4) is 0 Å². The number of aryl methyl sites for hydroxylation is 1. The number of benzene rings is 2. The first kappa shape index (κ1) is 20.5. The van der Waals surface area contributed by atoms with E-state index in [2.05, 4.69) is 37.9 Å². The van der Waals surface area contributed by atoms with E-state index in [4.69, 9.17) is 4.52 Å². The molecule has 3 rings (SSSR count). The molecule has 0 unspecified atom stereocenters. The van der Waals surface area contributed by atoms with Crippen LogP contribution in [-0.4, -0.2) is 36.2 Å². The first-order valence-corrected chi connectivity index (χ1v) is 9.78. The number of nitrogens with one attached hydrogen (secondary N) is 2. The van der Waals surface area contributed by atoms with Crippen molar-refractivity contribution in [1.29, 1.82) is 0 Å². The Hall–Kier alpha value is -3.22. The molecule has 152 valence electrons. The molecule has 0 spiro atoms. The van der Waals surface area contributed by atoms with Crippen LogP contribution in [0, 0.1) is 5.82 Å². The SMILES string of the molecule is CCc1noc(-c2ccc(CCNC(=NC)NCCc3ccc(F)cc3)cc2)n1. The van der Waals surface area contributed by atoms with E-state index in [0.717, 1.165) is 49.4 Å². The van der Waals surface area contributed by atoms with Gasteiger partial charge in [0.25, 0.3) is 5.89 Å². The van der Waals surface area contributed by atoms with Gasteiger partial charge in [0.05, 0.1) is 0 Å². The van der Waals surface area contributed by atoms with Gasteiger partial charge in [-0.05, 0) is 48.2 Å². The number of guanidine groups is 1. The van der Waals surface area contributed by atoms with E-state index in [0.29, 0.717) is 11.7 Å². The summed E-state index contributed by atoms with van der Waals surface area (Å²) in [6.45, 7) is 3.48. The molecule has 0 fully saturated rings. The molecule has 3 aromatic rings. The molecule has 0 aliphatic heterocycles. The minimum absolute atomic E-state index is 0.213. The van der Waals surface area contributed by atoms with Crippen LogP contribution in [0.4, 0.5) is 4.39 Å². The van der Waals surface area contributed by atoms with Crippen molar-refractivity contribution in [2.45, 2.75) is 26.2 Å². The zero-order valence-corrected chi connectivity index (χ0v) is 16.8. The Balaban J connectivity index is 1.41. The summed E-state index contributed by atoms with van der Waals surface area (Å²) in [6.07, 6.45) is 2.42. The van der Waals surface area contributed by atoms with Gasteiger partial charge in [0.15, 0.2) is 11.8 Å². The summed E-state index contributed by atoms with van der Waals surface area (Å²) in [5.41, 5.74) is 3.21. The quantitative estimate of drug-likeness (QED) is 0.452. The molecule has 29 heavy (non-hydrogen) atoms. The number of hydrogen-bond donors (Lipinski definition) is 2. The monoisotopic (exact) mass is 395 g/mol. The summed E-state index contributed by atoms with van der Waals surface area (Å²) in [6, 6.07) is 14.7. The first-order valence-electron chi connectivity index (χ1n) is 9.78. The van der Waals surface area contributed by atoms with Crippen molar-refractivity contribution in [1.82, 2.24) is 20.8 Å². The van der Waals surface area contributed by atoms with E-state index in [-0.39, 0.29) is 5.82 Å². The third kappa shape index (κ3) is 6.14. The molecule has 1 aromatic heterocycles. The van der Waals surface area contributed by atoms with Gasteiger partial charge in [0, 0.05) is 32.1 Å². The number of rotatable bonds is 8. The number of nitrogens with zero attached hydrogens (tertiary/aromatic N) is 3. The largest absolute Gasteiger partial charge is 0.356 e. The summed E-state index contributed by atoms with van der Waals surface area (Å²) >= 11 is 0. The predicted octanol–water partition coefficient (Wildman–Crippen LogP) is 3.39. The summed E-state index contributed by atoms with van der Waals surface area (Å²) in [5, 5.41) is 10.5. The van der Waals surface area contributed by atoms with Crippen LogP contribution in [0.25, 0.3) is 11.5 Å². The van der Waals surface area contributed by atoms with E-state index < -0.39 is 0 Å². The number of halogens is 1. The molecule has 2 N–H and O–H groups in total. The molecule has 0 atom stereocenters. The lowest BCUT2D eigenvalue weighted by Crippen LogP contribution is -2.39. The molecular weight excluding hydrogens is 369 g/mol. The highest BCUT2D eigenvalue weighted by Gasteiger charge is 2.07. The van der Waals surface area contributed by atoms with Crippen LogP contribution in [-0.2, 0) is 19.3 Å². The van der Waals surface area contributed by atoms with Crippen LogP contribution in [0.5, 0.6) is 0 Å². The van der Waals surface area contributed by atoms with E-state index in [9.17, 15) is 4.39 Å². The first-order chi connectivity index (χ1) is 14.2. The Kier molecular flexibility index (Phi) is 7.33. The van der Waals surface area contributed by atoms with Gasteiger partial charge in [-0.25, -0.2) is 4.39 Å². The maximum atomic E-state index is 12.9. The van der Waals surface area contributed by atoms with Gasteiger partial charge in [-0.2, -0.15) is 4.98 Å². The van der Waals surface area contributed by atoms with Crippen molar-refractivity contribution in [2.75, 3.05) is 20.1 Å². The van der Waals surface area contributed by atoms with Crippen molar-refractivity contribution < 1.29 is 8.91 Å². The van der Waals surface area contributed by atoms with Crippen LogP contribution in [0.2, 0.25) is 0 Å². The molecule has 0 saturated heterocycles. The Bertz CT molecular complexity index is 919. The smallest absolute Gasteiger partial charge is 0.257 e. The Morgan fingerprint density at radius 1 is 0.966 bits per heavy atom. The van der Waals surface area contributed by atoms with Gasteiger partial charge in [-0.1, -0.05) is 36.3 Å². The molecule has 0 aliphatic rings. The molecule has 7 heteroatoms. The lowest BCUT2D eigenvalue weighted by atomic mass is 10.1. The highest BCUT2D eigenvalue weighted by atomic mass is 19.1. The number of aliphatic imine (C=N–C) groups is 1. The van der Waals surface area contributed by atoms with Crippen molar-refractivity contribution in [3.05, 3.63) is 71.3 Å². The van der Waals surface area contributed by atoms with Crippen LogP contribution >= 0.6 is 0 Å². The zero-order chi connectivity index (χ0) is 20.5. The highest BCUT2D eigenvalue weighted by molar-refractivity contribution is 5.79. The van der Waals surface area contributed by atoms with Gasteiger partial charge in [-0.3, -0.25) is 4.99 Å². The normalized spacial score (nSPS) is 11.5. The average Bonchev–Trinajstić information content (AvgIpc) is 3.24. The fourth-order valence-electron chi connectivity index (χ4n) is 2.85. The maximum absolute atomic E-state index is 12.9. The Labute approximate surface area is 170 Å². The predicted molar refractivity (Wildman–Crippen MR) is 112 cm³/mol. The third-order valence-electron chi connectivity index (χ3n) is 4.53. The summed E-state index contributed by atoms with van der Waals surface area (Å²) in [4.78, 5) is 8.58. The molecule has 0 bridgehead atoms. The molecule has 6 nitrogen and oxygen atoms in total. The second-order valence-corrected chi connectivity index (χ2v) is 6.62. The van der Waals surface area contributed by atoms with Gasteiger partial charge in [0.2, 0.25) is 0 Å². The standard InChI is InChI=1S/C22H26FN5O/c1-3-20-27-21(29-28-20)18-8-4-16(5-9-18)12-14-25-22(24-2)26-15-13-17-6-10-19(23)11-7-17/h4-11H,3,12-15H2,1-2H3,(H2,24,25,26). The summed E-state index contributed by atoms with van der Waals surface area (Å²) in [7, 11) is 1.75. The fraction of sp³-hybridized carbons (Fsp3) is 0.318. The minimum Gasteiger partial charge on any atom is -0.356 e. The van der Waals surface area contributed by atoms with Crippen molar-refractivity contribution in [2.24, 2.45) is 4.99 Å². The van der Waals surface area contributed by atoms with Gasteiger partial charge < -0.3 is 15.2 Å². The molecule has 0 aliphatic carbocycles. The molecule has 0 amide bonds. The Morgan fingerprint density at radius 2 is 1.55 bits per heavy atom. The zero-order valence-electron chi connectivity index (χ0n) is 16.8. The lowest BCUT2D eigenvalue weighted by Gasteiger charge is -2.12. The van der Waals surface area contributed by atoms with Gasteiger partial charge in [-0.15, -0.1) is 0 Å².